The van der Waals surface area contributed by atoms with Crippen molar-refractivity contribution in [3.8, 4) is 0 Å². The number of aromatic nitrogens is 1. The van der Waals surface area contributed by atoms with Gasteiger partial charge in [-0.25, -0.2) is 4.98 Å². The lowest BCUT2D eigenvalue weighted by molar-refractivity contribution is 0.535. The molecular weight excluding hydrogens is 228 g/mol. The van der Waals surface area contributed by atoms with Crippen molar-refractivity contribution in [1.82, 2.24) is 10.3 Å². The van der Waals surface area contributed by atoms with E-state index in [1.165, 1.54) is 34.8 Å². The van der Waals surface area contributed by atoms with Crippen LogP contribution in [0, 0.1) is 0 Å². The smallest absolute Gasteiger partial charge is 0.0931 e. The van der Waals surface area contributed by atoms with E-state index in [1.807, 2.05) is 11.3 Å². The molecule has 0 aliphatic carbocycles. The molecule has 1 unspecified atom stereocenters. The largest absolute Gasteiger partial charge is 0.309 e. The summed E-state index contributed by atoms with van der Waals surface area (Å²) in [5, 5.41) is 4.89. The van der Waals surface area contributed by atoms with Crippen molar-refractivity contribution in [2.75, 3.05) is 0 Å². The van der Waals surface area contributed by atoms with Crippen LogP contribution in [0.5, 0.6) is 0 Å². The zero-order valence-electron chi connectivity index (χ0n) is 11.7. The first kappa shape index (κ1) is 14.7. The molecule has 1 N–H and O–H groups in total. The summed E-state index contributed by atoms with van der Waals surface area (Å²) in [5.74, 6) is 0. The highest BCUT2D eigenvalue weighted by Gasteiger charge is 2.10. The lowest BCUT2D eigenvalue weighted by atomic mass is 10.2. The number of thiazole rings is 1. The summed E-state index contributed by atoms with van der Waals surface area (Å²) in [6, 6.07) is 0.598. The summed E-state index contributed by atoms with van der Waals surface area (Å²) >= 11 is 1.90. The molecule has 17 heavy (non-hydrogen) atoms. The Labute approximate surface area is 110 Å². The molecule has 0 aromatic carbocycles. The van der Waals surface area contributed by atoms with E-state index in [0.29, 0.717) is 6.04 Å². The average molecular weight is 254 g/mol. The first-order valence-electron chi connectivity index (χ1n) is 6.92. The number of aryl methyl sites for hydroxylation is 2. The average Bonchev–Trinajstić information content (AvgIpc) is 2.69. The van der Waals surface area contributed by atoms with Crippen LogP contribution in [0.4, 0.5) is 0 Å². The molecule has 0 saturated heterocycles. The standard InChI is InChI=1S/C14H26N2S/c1-5-8-12-13(10-15-11(4)7-3)17-14(16-12)9-6-2/h11,15H,5-10H2,1-4H3. The molecule has 0 aliphatic rings. The molecule has 3 heteroatoms. The molecule has 0 radical (unpaired) electrons. The first-order valence-corrected chi connectivity index (χ1v) is 7.73. The van der Waals surface area contributed by atoms with Crippen LogP contribution in [0.25, 0.3) is 0 Å². The summed E-state index contributed by atoms with van der Waals surface area (Å²) in [6.07, 6.45) is 5.81. The van der Waals surface area contributed by atoms with Gasteiger partial charge in [-0.05, 0) is 32.6 Å². The third kappa shape index (κ3) is 4.76. The Morgan fingerprint density at radius 3 is 2.47 bits per heavy atom. The maximum absolute atomic E-state index is 4.77. The van der Waals surface area contributed by atoms with Crippen LogP contribution in [-0.4, -0.2) is 11.0 Å². The van der Waals surface area contributed by atoms with Crippen molar-refractivity contribution < 1.29 is 0 Å². The van der Waals surface area contributed by atoms with E-state index in [2.05, 4.69) is 33.0 Å². The zero-order valence-corrected chi connectivity index (χ0v) is 12.5. The van der Waals surface area contributed by atoms with Crippen molar-refractivity contribution >= 4 is 11.3 Å². The van der Waals surface area contributed by atoms with Crippen LogP contribution in [0.2, 0.25) is 0 Å². The van der Waals surface area contributed by atoms with Gasteiger partial charge in [-0.2, -0.15) is 0 Å². The minimum absolute atomic E-state index is 0.598. The van der Waals surface area contributed by atoms with Crippen LogP contribution in [0.15, 0.2) is 0 Å². The summed E-state index contributed by atoms with van der Waals surface area (Å²) in [4.78, 5) is 6.23. The Bertz CT molecular complexity index is 320. The third-order valence-electron chi connectivity index (χ3n) is 3.00. The van der Waals surface area contributed by atoms with Gasteiger partial charge in [-0.1, -0.05) is 27.2 Å². The van der Waals surface area contributed by atoms with Gasteiger partial charge >= 0.3 is 0 Å². The van der Waals surface area contributed by atoms with Crippen LogP contribution in [0.3, 0.4) is 0 Å². The van der Waals surface area contributed by atoms with Crippen molar-refractivity contribution in [3.05, 3.63) is 15.6 Å². The van der Waals surface area contributed by atoms with Crippen LogP contribution < -0.4 is 5.32 Å². The number of hydrogen-bond acceptors (Lipinski definition) is 3. The highest BCUT2D eigenvalue weighted by atomic mass is 32.1. The van der Waals surface area contributed by atoms with Crippen LogP contribution in [0.1, 0.15) is 62.5 Å². The first-order chi connectivity index (χ1) is 8.21. The van der Waals surface area contributed by atoms with Gasteiger partial charge < -0.3 is 5.32 Å². The summed E-state index contributed by atoms with van der Waals surface area (Å²) < 4.78 is 0. The van der Waals surface area contributed by atoms with E-state index in [-0.39, 0.29) is 0 Å². The van der Waals surface area contributed by atoms with Crippen molar-refractivity contribution in [2.45, 2.75) is 72.4 Å². The molecule has 1 atom stereocenters. The monoisotopic (exact) mass is 254 g/mol. The Kier molecular flexibility index (Phi) is 6.75. The predicted octanol–water partition coefficient (Wildman–Crippen LogP) is 3.94. The van der Waals surface area contributed by atoms with E-state index in [9.17, 15) is 0 Å². The summed E-state index contributed by atoms with van der Waals surface area (Å²) in [6.45, 7) is 9.90. The lowest BCUT2D eigenvalue weighted by Crippen LogP contribution is -2.24. The maximum atomic E-state index is 4.77. The molecular formula is C14H26N2S. The van der Waals surface area contributed by atoms with Gasteiger partial charge in [0.05, 0.1) is 10.7 Å². The van der Waals surface area contributed by atoms with Crippen molar-refractivity contribution in [2.24, 2.45) is 0 Å². The normalized spacial score (nSPS) is 12.9. The van der Waals surface area contributed by atoms with Crippen molar-refractivity contribution in [1.29, 1.82) is 0 Å². The Hall–Kier alpha value is -0.410. The van der Waals surface area contributed by atoms with Crippen LogP contribution in [-0.2, 0) is 19.4 Å². The molecule has 0 spiro atoms. The minimum atomic E-state index is 0.598. The van der Waals surface area contributed by atoms with Crippen molar-refractivity contribution in [3.63, 3.8) is 0 Å². The van der Waals surface area contributed by atoms with E-state index in [0.717, 1.165) is 19.4 Å². The number of hydrogen-bond donors (Lipinski definition) is 1. The van der Waals surface area contributed by atoms with Gasteiger partial charge in [0.2, 0.25) is 0 Å². The quantitative estimate of drug-likeness (QED) is 0.760. The second-order valence-corrected chi connectivity index (χ2v) is 5.84. The minimum Gasteiger partial charge on any atom is -0.309 e. The second-order valence-electron chi connectivity index (χ2n) is 4.67. The maximum Gasteiger partial charge on any atom is 0.0931 e. The number of nitrogens with one attached hydrogen (secondary N) is 1. The summed E-state index contributed by atoms with van der Waals surface area (Å²) in [7, 11) is 0. The van der Waals surface area contributed by atoms with Crippen LogP contribution >= 0.6 is 11.3 Å². The molecule has 0 amide bonds. The van der Waals surface area contributed by atoms with E-state index >= 15 is 0 Å². The van der Waals surface area contributed by atoms with Gasteiger partial charge in [0.15, 0.2) is 0 Å². The molecule has 2 nitrogen and oxygen atoms in total. The van der Waals surface area contributed by atoms with Gasteiger partial charge in [0.25, 0.3) is 0 Å². The number of nitrogens with zero attached hydrogens (tertiary/aromatic N) is 1. The third-order valence-corrected chi connectivity index (χ3v) is 4.15. The molecule has 1 aromatic heterocycles. The van der Waals surface area contributed by atoms with E-state index < -0.39 is 0 Å². The molecule has 0 aliphatic heterocycles. The fourth-order valence-corrected chi connectivity index (χ4v) is 2.91. The molecule has 1 heterocycles. The molecule has 1 aromatic rings. The van der Waals surface area contributed by atoms with Gasteiger partial charge in [-0.15, -0.1) is 11.3 Å². The molecule has 1 rings (SSSR count). The highest BCUT2D eigenvalue weighted by molar-refractivity contribution is 7.11. The van der Waals surface area contributed by atoms with E-state index in [4.69, 9.17) is 4.98 Å². The Balaban J connectivity index is 2.66. The topological polar surface area (TPSA) is 24.9 Å². The van der Waals surface area contributed by atoms with Gasteiger partial charge in [-0.3, -0.25) is 0 Å². The van der Waals surface area contributed by atoms with Gasteiger partial charge in [0, 0.05) is 17.5 Å². The molecule has 0 saturated carbocycles. The molecule has 0 fully saturated rings. The Morgan fingerprint density at radius 2 is 1.88 bits per heavy atom. The lowest BCUT2D eigenvalue weighted by Gasteiger charge is -2.10. The molecule has 0 bridgehead atoms. The second kappa shape index (κ2) is 7.83. The molecule has 98 valence electrons. The number of rotatable bonds is 8. The highest BCUT2D eigenvalue weighted by Crippen LogP contribution is 2.21. The van der Waals surface area contributed by atoms with E-state index in [1.54, 1.807) is 0 Å². The zero-order chi connectivity index (χ0) is 12.7. The Morgan fingerprint density at radius 1 is 1.18 bits per heavy atom. The summed E-state index contributed by atoms with van der Waals surface area (Å²) in [5.41, 5.74) is 1.33. The SMILES string of the molecule is CCCc1nc(CCC)c(CNC(C)CC)s1. The predicted molar refractivity (Wildman–Crippen MR) is 76.7 cm³/mol. The fourth-order valence-electron chi connectivity index (χ4n) is 1.74. The fraction of sp³-hybridized carbons (Fsp3) is 0.786. The van der Waals surface area contributed by atoms with Gasteiger partial charge in [0.1, 0.15) is 0 Å².